The van der Waals surface area contributed by atoms with Crippen LogP contribution in [-0.4, -0.2) is 41.7 Å². The maximum atomic E-state index is 13.7. The zero-order valence-corrected chi connectivity index (χ0v) is 22.4. The molecule has 2 atom stereocenters. The highest BCUT2D eigenvalue weighted by atomic mass is 28.3. The summed E-state index contributed by atoms with van der Waals surface area (Å²) in [6, 6.07) is 19.0. The molecule has 0 aliphatic carbocycles. The molecule has 0 unspecified atom stereocenters. The van der Waals surface area contributed by atoms with Gasteiger partial charge in [0.05, 0.1) is 21.8 Å². The van der Waals surface area contributed by atoms with E-state index in [2.05, 4.69) is 42.7 Å². The average Bonchev–Trinajstić information content (AvgIpc) is 3.35. The van der Waals surface area contributed by atoms with Gasteiger partial charge in [-0.15, -0.1) is 0 Å². The Morgan fingerprint density at radius 2 is 1.78 bits per heavy atom. The predicted octanol–water partition coefficient (Wildman–Crippen LogP) is 5.80. The number of rotatable bonds is 7. The number of ether oxygens (including phenoxy) is 4. The minimum absolute atomic E-state index is 0.208. The fourth-order valence-electron chi connectivity index (χ4n) is 5.45. The van der Waals surface area contributed by atoms with Gasteiger partial charge in [-0.2, -0.15) is 0 Å². The number of hydrogen-bond acceptors (Lipinski definition) is 5. The zero-order valence-electron chi connectivity index (χ0n) is 21.4. The highest BCUT2D eigenvalue weighted by Gasteiger charge is 2.34. The Kier molecular flexibility index (Phi) is 6.84. The van der Waals surface area contributed by atoms with Gasteiger partial charge < -0.3 is 23.8 Å². The maximum Gasteiger partial charge on any atom is 0.231 e. The van der Waals surface area contributed by atoms with Crippen LogP contribution >= 0.6 is 0 Å². The summed E-state index contributed by atoms with van der Waals surface area (Å²) in [7, 11) is 0.0724. The van der Waals surface area contributed by atoms with E-state index in [1.165, 1.54) is 10.9 Å². The molecule has 0 radical (unpaired) electrons. The molecule has 7 heteroatoms. The minimum Gasteiger partial charge on any atom is -0.497 e. The molecule has 0 N–H and O–H groups in total. The van der Waals surface area contributed by atoms with Crippen LogP contribution in [-0.2, 0) is 0 Å². The molecule has 190 valence electrons. The molecule has 0 saturated carbocycles. The van der Waals surface area contributed by atoms with Crippen molar-refractivity contribution in [3.63, 3.8) is 0 Å². The van der Waals surface area contributed by atoms with Crippen LogP contribution in [0.1, 0.15) is 17.9 Å². The van der Waals surface area contributed by atoms with Crippen molar-refractivity contribution >= 4 is 18.9 Å². The van der Waals surface area contributed by atoms with Crippen LogP contribution in [0.4, 0.5) is 10.1 Å². The second-order valence-corrected chi connectivity index (χ2v) is 15.6. The lowest BCUT2D eigenvalue weighted by molar-refractivity contribution is 0.173. The van der Waals surface area contributed by atoms with Crippen LogP contribution in [0.3, 0.4) is 0 Å². The summed E-state index contributed by atoms with van der Waals surface area (Å²) < 4.78 is 36.7. The summed E-state index contributed by atoms with van der Waals surface area (Å²) in [5.41, 5.74) is 2.42. The number of benzene rings is 3. The van der Waals surface area contributed by atoms with Crippen LogP contribution in [0.25, 0.3) is 0 Å². The molecule has 3 aromatic rings. The van der Waals surface area contributed by atoms with Gasteiger partial charge in [-0.25, -0.2) is 4.39 Å². The largest absolute Gasteiger partial charge is 0.497 e. The van der Waals surface area contributed by atoms with E-state index < -0.39 is 8.07 Å². The highest BCUT2D eigenvalue weighted by Crippen LogP contribution is 2.38. The Morgan fingerprint density at radius 3 is 2.53 bits per heavy atom. The average molecular weight is 508 g/mol. The number of methoxy groups -OCH3 is 1. The summed E-state index contributed by atoms with van der Waals surface area (Å²) in [5, 5.41) is 1.35. The number of nitrogens with zero attached hydrogens (tertiary/aromatic N) is 1. The van der Waals surface area contributed by atoms with E-state index in [9.17, 15) is 4.39 Å². The van der Waals surface area contributed by atoms with E-state index in [1.54, 1.807) is 19.2 Å². The second kappa shape index (κ2) is 10.0. The molecule has 5 nitrogen and oxygen atoms in total. The fraction of sp³-hybridized carbons (Fsp3) is 0.379. The van der Waals surface area contributed by atoms with Crippen molar-refractivity contribution in [3.05, 3.63) is 72.0 Å². The Morgan fingerprint density at radius 1 is 1.00 bits per heavy atom. The van der Waals surface area contributed by atoms with Crippen LogP contribution in [0, 0.1) is 11.7 Å². The van der Waals surface area contributed by atoms with E-state index >= 15 is 0 Å². The highest BCUT2D eigenvalue weighted by molar-refractivity contribution is 6.90. The molecule has 1 saturated heterocycles. The monoisotopic (exact) mass is 507 g/mol. The Bertz CT molecular complexity index is 1210. The van der Waals surface area contributed by atoms with E-state index in [4.69, 9.17) is 18.9 Å². The van der Waals surface area contributed by atoms with Gasteiger partial charge in [0.1, 0.15) is 17.3 Å². The van der Waals surface area contributed by atoms with Crippen molar-refractivity contribution in [2.45, 2.75) is 32.0 Å². The second-order valence-electron chi connectivity index (χ2n) is 10.6. The third-order valence-electron chi connectivity index (χ3n) is 7.16. The normalized spacial score (nSPS) is 19.3. The first-order valence-corrected chi connectivity index (χ1v) is 16.0. The van der Waals surface area contributed by atoms with Gasteiger partial charge >= 0.3 is 0 Å². The van der Waals surface area contributed by atoms with E-state index in [0.717, 1.165) is 42.3 Å². The molecule has 36 heavy (non-hydrogen) atoms. The van der Waals surface area contributed by atoms with Crippen molar-refractivity contribution in [2.24, 2.45) is 5.92 Å². The lowest BCUT2D eigenvalue weighted by atomic mass is 9.80. The molecule has 0 spiro atoms. The van der Waals surface area contributed by atoms with Gasteiger partial charge in [0.25, 0.3) is 0 Å². The van der Waals surface area contributed by atoms with Gasteiger partial charge in [0.15, 0.2) is 11.5 Å². The molecule has 3 aromatic carbocycles. The molecule has 0 aromatic heterocycles. The first-order valence-electron chi connectivity index (χ1n) is 12.5. The van der Waals surface area contributed by atoms with Crippen LogP contribution in [0.2, 0.25) is 19.6 Å². The van der Waals surface area contributed by atoms with Gasteiger partial charge in [0.2, 0.25) is 6.79 Å². The number of halogens is 1. The van der Waals surface area contributed by atoms with Gasteiger partial charge in [0, 0.05) is 35.9 Å². The number of fused-ring (bicyclic) bond motifs is 1. The van der Waals surface area contributed by atoms with Gasteiger partial charge in [-0.05, 0) is 54.3 Å². The standard InChI is InChI=1S/C29H34FNO4Si/c1-32-27-7-5-6-25(29(27)36(2,3)4)31-15-14-24(20-8-10-22(30)11-9-20)21(17-31)18-33-23-12-13-26-28(16-23)35-19-34-26/h5-13,16,21,24H,14-15,17-19H2,1-4H3/t21-,24-/m0/s1. The number of hydrogen-bond donors (Lipinski definition) is 0. The van der Waals surface area contributed by atoms with Crippen molar-refractivity contribution in [1.29, 1.82) is 0 Å². The topological polar surface area (TPSA) is 40.2 Å². The summed E-state index contributed by atoms with van der Waals surface area (Å²) in [5.74, 6) is 3.47. The van der Waals surface area contributed by atoms with E-state index in [0.29, 0.717) is 12.4 Å². The molecule has 2 heterocycles. The molecule has 5 rings (SSSR count). The number of piperidine rings is 1. The lowest BCUT2D eigenvalue weighted by Gasteiger charge is -2.42. The van der Waals surface area contributed by atoms with Crippen molar-refractivity contribution in [1.82, 2.24) is 0 Å². The van der Waals surface area contributed by atoms with Gasteiger partial charge in [-0.3, -0.25) is 0 Å². The molecule has 0 bridgehead atoms. The Balaban J connectivity index is 1.43. The van der Waals surface area contributed by atoms with Crippen molar-refractivity contribution in [2.75, 3.05) is 38.5 Å². The first-order chi connectivity index (χ1) is 17.3. The molecule has 2 aliphatic heterocycles. The zero-order chi connectivity index (χ0) is 25.3. The molecular formula is C29H34FNO4Si. The van der Waals surface area contributed by atoms with Crippen LogP contribution in [0.15, 0.2) is 60.7 Å². The van der Waals surface area contributed by atoms with E-state index in [-0.39, 0.29) is 24.4 Å². The molecule has 2 aliphatic rings. The fourth-order valence-corrected chi connectivity index (χ4v) is 7.38. The molecular weight excluding hydrogens is 473 g/mol. The summed E-state index contributed by atoms with van der Waals surface area (Å²) in [6.07, 6.45) is 0.961. The molecule has 1 fully saturated rings. The summed E-state index contributed by atoms with van der Waals surface area (Å²) in [4.78, 5) is 2.49. The van der Waals surface area contributed by atoms with Crippen LogP contribution < -0.4 is 29.0 Å². The van der Waals surface area contributed by atoms with E-state index in [1.807, 2.05) is 30.3 Å². The third-order valence-corrected chi connectivity index (χ3v) is 9.16. The summed E-state index contributed by atoms with van der Waals surface area (Å²) in [6.45, 7) is 9.64. The third kappa shape index (κ3) is 5.02. The Hall–Kier alpha value is -3.19. The minimum atomic E-state index is -1.68. The quantitative estimate of drug-likeness (QED) is 0.378. The first kappa shape index (κ1) is 24.5. The number of anilines is 1. The maximum absolute atomic E-state index is 13.7. The SMILES string of the molecule is COc1cccc(N2CC[C@@H](c3ccc(F)cc3)[C@H](COc3ccc4c(c3)OCO4)C2)c1[Si](C)(C)C. The predicted molar refractivity (Wildman–Crippen MR) is 143 cm³/mol. The van der Waals surface area contributed by atoms with Crippen LogP contribution in [0.5, 0.6) is 23.0 Å². The summed E-state index contributed by atoms with van der Waals surface area (Å²) >= 11 is 0. The van der Waals surface area contributed by atoms with Crippen molar-refractivity contribution < 1.29 is 23.3 Å². The lowest BCUT2D eigenvalue weighted by Crippen LogP contribution is -2.48. The Labute approximate surface area is 213 Å². The van der Waals surface area contributed by atoms with Crippen molar-refractivity contribution in [3.8, 4) is 23.0 Å². The smallest absolute Gasteiger partial charge is 0.231 e. The van der Waals surface area contributed by atoms with Gasteiger partial charge in [-0.1, -0.05) is 37.8 Å². The molecule has 0 amide bonds.